The van der Waals surface area contributed by atoms with Crippen LogP contribution in [-0.2, 0) is 6.42 Å². The van der Waals surface area contributed by atoms with Crippen LogP contribution in [-0.4, -0.2) is 0 Å². The topological polar surface area (TPSA) is 0 Å². The van der Waals surface area contributed by atoms with E-state index in [2.05, 4.69) is 37.3 Å². The van der Waals surface area contributed by atoms with Crippen LogP contribution >= 0.6 is 0 Å². The number of benzene rings is 1. The molecule has 0 saturated heterocycles. The van der Waals surface area contributed by atoms with Crippen molar-refractivity contribution in [2.24, 2.45) is 0 Å². The molecule has 0 heterocycles. The molecule has 0 atom stereocenters. The van der Waals surface area contributed by atoms with Gasteiger partial charge in [-0.05, 0) is 18.4 Å². The summed E-state index contributed by atoms with van der Waals surface area (Å²) < 4.78 is 0. The summed E-state index contributed by atoms with van der Waals surface area (Å²) in [5.74, 6) is 0. The van der Waals surface area contributed by atoms with E-state index in [9.17, 15) is 0 Å². The first-order valence-corrected chi connectivity index (χ1v) is 10.5. The van der Waals surface area contributed by atoms with E-state index in [1.54, 1.807) is 0 Å². The molecule has 0 nitrogen and oxygen atoms in total. The molecule has 0 heteroatoms. The van der Waals surface area contributed by atoms with Crippen LogP contribution in [0.5, 0.6) is 0 Å². The van der Waals surface area contributed by atoms with Crippen molar-refractivity contribution in [3.05, 3.63) is 35.9 Å². The van der Waals surface area contributed by atoms with Gasteiger partial charge in [-0.15, -0.1) is 0 Å². The maximum absolute atomic E-state index is 2.29. The Labute approximate surface area is 146 Å². The third-order valence-corrected chi connectivity index (χ3v) is 4.91. The van der Waals surface area contributed by atoms with Gasteiger partial charge in [0.15, 0.2) is 0 Å². The van der Waals surface area contributed by atoms with Gasteiger partial charge in [-0.1, -0.05) is 127 Å². The third-order valence-electron chi connectivity index (χ3n) is 4.91. The molecular formula is C23H40. The molecule has 0 aliphatic heterocycles. The van der Waals surface area contributed by atoms with E-state index in [0.29, 0.717) is 0 Å². The van der Waals surface area contributed by atoms with E-state index in [-0.39, 0.29) is 0 Å². The van der Waals surface area contributed by atoms with Crippen molar-refractivity contribution in [1.29, 1.82) is 0 Å². The molecule has 0 spiro atoms. The SMILES string of the molecule is CCCCCCCCCCCCCCCCCc1ccccc1. The van der Waals surface area contributed by atoms with Gasteiger partial charge >= 0.3 is 0 Å². The average molecular weight is 317 g/mol. The molecule has 1 aromatic carbocycles. The van der Waals surface area contributed by atoms with Crippen LogP contribution in [0.15, 0.2) is 30.3 Å². The van der Waals surface area contributed by atoms with Crippen molar-refractivity contribution >= 4 is 0 Å². The minimum absolute atomic E-state index is 1.26. The lowest BCUT2D eigenvalue weighted by Gasteiger charge is -2.04. The molecule has 132 valence electrons. The predicted molar refractivity (Wildman–Crippen MR) is 105 cm³/mol. The van der Waals surface area contributed by atoms with Crippen LogP contribution < -0.4 is 0 Å². The maximum atomic E-state index is 2.29. The molecule has 0 saturated carbocycles. The van der Waals surface area contributed by atoms with Gasteiger partial charge in [-0.3, -0.25) is 0 Å². The zero-order chi connectivity index (χ0) is 16.4. The molecule has 0 unspecified atom stereocenters. The number of hydrogen-bond acceptors (Lipinski definition) is 0. The molecule has 0 aromatic heterocycles. The Bertz CT molecular complexity index is 327. The zero-order valence-corrected chi connectivity index (χ0v) is 15.7. The van der Waals surface area contributed by atoms with Gasteiger partial charge in [-0.25, -0.2) is 0 Å². The normalized spacial score (nSPS) is 11.0. The lowest BCUT2D eigenvalue weighted by Crippen LogP contribution is -1.86. The standard InChI is InChI=1S/C23H40/c1-2-3-4-5-6-7-8-9-10-11-12-13-14-15-17-20-23-21-18-16-19-22-23/h16,18-19,21-22H,2-15,17,20H2,1H3. The van der Waals surface area contributed by atoms with E-state index in [4.69, 9.17) is 0 Å². The van der Waals surface area contributed by atoms with Crippen molar-refractivity contribution in [1.82, 2.24) is 0 Å². The highest BCUT2D eigenvalue weighted by molar-refractivity contribution is 5.14. The molecule has 0 fully saturated rings. The van der Waals surface area contributed by atoms with Gasteiger partial charge in [0, 0.05) is 0 Å². The van der Waals surface area contributed by atoms with Gasteiger partial charge in [0.2, 0.25) is 0 Å². The maximum Gasteiger partial charge on any atom is -0.0279 e. The van der Waals surface area contributed by atoms with Crippen molar-refractivity contribution in [2.45, 2.75) is 110 Å². The largest absolute Gasteiger partial charge is 0.0654 e. The number of hydrogen-bond donors (Lipinski definition) is 0. The first kappa shape index (κ1) is 20.3. The smallest absolute Gasteiger partial charge is 0.0279 e. The lowest BCUT2D eigenvalue weighted by molar-refractivity contribution is 0.532. The Morgan fingerprint density at radius 3 is 1.30 bits per heavy atom. The summed E-state index contributed by atoms with van der Waals surface area (Å²) in [6, 6.07) is 10.9. The Kier molecular flexibility index (Phi) is 14.2. The monoisotopic (exact) mass is 316 g/mol. The van der Waals surface area contributed by atoms with Gasteiger partial charge in [-0.2, -0.15) is 0 Å². The third kappa shape index (κ3) is 13.4. The van der Waals surface area contributed by atoms with Crippen LogP contribution in [0.1, 0.15) is 109 Å². The average Bonchev–Trinajstić information content (AvgIpc) is 2.59. The minimum Gasteiger partial charge on any atom is -0.0654 e. The molecule has 0 bridgehead atoms. The molecule has 0 aliphatic carbocycles. The highest BCUT2D eigenvalue weighted by atomic mass is 14.0. The minimum atomic E-state index is 1.26. The fourth-order valence-electron chi connectivity index (χ4n) is 3.35. The first-order valence-electron chi connectivity index (χ1n) is 10.5. The van der Waals surface area contributed by atoms with Crippen molar-refractivity contribution in [3.8, 4) is 0 Å². The van der Waals surface area contributed by atoms with Crippen LogP contribution in [0, 0.1) is 0 Å². The highest BCUT2D eigenvalue weighted by Crippen LogP contribution is 2.14. The second-order valence-corrected chi connectivity index (χ2v) is 7.19. The van der Waals surface area contributed by atoms with Crippen LogP contribution in [0.25, 0.3) is 0 Å². The van der Waals surface area contributed by atoms with E-state index in [1.165, 1.54) is 108 Å². The van der Waals surface area contributed by atoms with Crippen LogP contribution in [0.3, 0.4) is 0 Å². The van der Waals surface area contributed by atoms with Crippen molar-refractivity contribution in [3.63, 3.8) is 0 Å². The molecule has 1 rings (SSSR count). The quantitative estimate of drug-likeness (QED) is 0.270. The fraction of sp³-hybridized carbons (Fsp3) is 0.739. The summed E-state index contributed by atoms with van der Waals surface area (Å²) in [6.45, 7) is 2.29. The van der Waals surface area contributed by atoms with Crippen molar-refractivity contribution < 1.29 is 0 Å². The second kappa shape index (κ2) is 16.1. The van der Waals surface area contributed by atoms with Crippen molar-refractivity contribution in [2.75, 3.05) is 0 Å². The first-order chi connectivity index (χ1) is 11.4. The molecule has 0 amide bonds. The predicted octanol–water partition coefficient (Wildman–Crippen LogP) is 8.10. The Hall–Kier alpha value is -0.780. The van der Waals surface area contributed by atoms with Crippen LogP contribution in [0.2, 0.25) is 0 Å². The molecular weight excluding hydrogens is 276 g/mol. The number of unbranched alkanes of at least 4 members (excludes halogenated alkanes) is 14. The Balaban J connectivity index is 1.72. The molecule has 23 heavy (non-hydrogen) atoms. The van der Waals surface area contributed by atoms with Gasteiger partial charge < -0.3 is 0 Å². The number of rotatable bonds is 16. The Morgan fingerprint density at radius 2 is 0.870 bits per heavy atom. The summed E-state index contributed by atoms with van der Waals surface area (Å²) >= 11 is 0. The Morgan fingerprint density at radius 1 is 0.478 bits per heavy atom. The van der Waals surface area contributed by atoms with Gasteiger partial charge in [0.25, 0.3) is 0 Å². The summed E-state index contributed by atoms with van der Waals surface area (Å²) in [5.41, 5.74) is 1.50. The second-order valence-electron chi connectivity index (χ2n) is 7.19. The molecule has 1 aromatic rings. The molecule has 0 aliphatic rings. The summed E-state index contributed by atoms with van der Waals surface area (Å²) in [6.07, 6.45) is 22.9. The summed E-state index contributed by atoms with van der Waals surface area (Å²) in [4.78, 5) is 0. The highest BCUT2D eigenvalue weighted by Gasteiger charge is 1.95. The number of aryl methyl sites for hydroxylation is 1. The van der Waals surface area contributed by atoms with E-state index in [0.717, 1.165) is 0 Å². The summed E-state index contributed by atoms with van der Waals surface area (Å²) in [5, 5.41) is 0. The van der Waals surface area contributed by atoms with E-state index >= 15 is 0 Å². The fourth-order valence-corrected chi connectivity index (χ4v) is 3.35. The van der Waals surface area contributed by atoms with E-state index in [1.807, 2.05) is 0 Å². The summed E-state index contributed by atoms with van der Waals surface area (Å²) in [7, 11) is 0. The van der Waals surface area contributed by atoms with Crippen LogP contribution in [0.4, 0.5) is 0 Å². The van der Waals surface area contributed by atoms with E-state index < -0.39 is 0 Å². The lowest BCUT2D eigenvalue weighted by atomic mass is 10.0. The molecule has 0 N–H and O–H groups in total. The molecule has 0 radical (unpaired) electrons. The van der Waals surface area contributed by atoms with Gasteiger partial charge in [0.1, 0.15) is 0 Å². The van der Waals surface area contributed by atoms with Gasteiger partial charge in [0.05, 0.1) is 0 Å². The zero-order valence-electron chi connectivity index (χ0n) is 15.7.